The first kappa shape index (κ1) is 6.21. The van der Waals surface area contributed by atoms with Crippen LogP contribution >= 0.6 is 0 Å². The number of hydrogen-bond donors (Lipinski definition) is 1. The third-order valence-corrected chi connectivity index (χ3v) is 3.24. The molecule has 2 heteroatoms. The molecule has 2 fully saturated rings. The number of fused-ring (bicyclic) bond motifs is 1. The van der Waals surface area contributed by atoms with Gasteiger partial charge in [0, 0.05) is 6.54 Å². The maximum absolute atomic E-state index is 5.89. The summed E-state index contributed by atoms with van der Waals surface area (Å²) in [6.07, 6.45) is 7.50. The quantitative estimate of drug-likeness (QED) is 0.514. The van der Waals surface area contributed by atoms with Gasteiger partial charge in [0.15, 0.2) is 0 Å². The molecule has 2 saturated heterocycles. The zero-order chi connectivity index (χ0) is 7.31. The molecule has 3 heterocycles. The zero-order valence-electron chi connectivity index (χ0n) is 6.55. The minimum absolute atomic E-state index is 0.114. The third-order valence-electron chi connectivity index (χ3n) is 3.24. The molecule has 11 heavy (non-hydrogen) atoms. The average Bonchev–Trinajstić information content (AvgIpc) is 2.57. The Labute approximate surface area is 66.6 Å². The molecule has 3 unspecified atom stereocenters. The summed E-state index contributed by atoms with van der Waals surface area (Å²) in [5.74, 6) is 0.804. The Bertz CT molecular complexity index is 214. The summed E-state index contributed by atoms with van der Waals surface area (Å²) in [5.41, 5.74) is 0.114. The molecule has 0 aromatic rings. The van der Waals surface area contributed by atoms with Crippen LogP contribution in [0, 0.1) is 5.92 Å². The lowest BCUT2D eigenvalue weighted by Crippen LogP contribution is -2.48. The van der Waals surface area contributed by atoms with Gasteiger partial charge in [-0.3, -0.25) is 0 Å². The molecule has 0 amide bonds. The van der Waals surface area contributed by atoms with Crippen LogP contribution in [0.4, 0.5) is 0 Å². The fourth-order valence-corrected chi connectivity index (χ4v) is 2.64. The van der Waals surface area contributed by atoms with Gasteiger partial charge in [0.05, 0.1) is 6.10 Å². The van der Waals surface area contributed by atoms with Gasteiger partial charge in [-0.2, -0.15) is 0 Å². The van der Waals surface area contributed by atoms with Crippen LogP contribution in [-0.4, -0.2) is 24.8 Å². The van der Waals surface area contributed by atoms with Crippen molar-refractivity contribution in [2.75, 3.05) is 13.1 Å². The van der Waals surface area contributed by atoms with E-state index in [-0.39, 0.29) is 5.60 Å². The van der Waals surface area contributed by atoms with E-state index in [4.69, 9.17) is 4.74 Å². The van der Waals surface area contributed by atoms with Gasteiger partial charge in [0.25, 0.3) is 0 Å². The molecular formula is C9H13NO. The molecule has 3 aliphatic heterocycles. The Morgan fingerprint density at radius 2 is 2.55 bits per heavy atom. The molecule has 0 saturated carbocycles. The lowest BCUT2D eigenvalue weighted by atomic mass is 9.79. The molecule has 60 valence electrons. The van der Waals surface area contributed by atoms with Crippen LogP contribution in [0.3, 0.4) is 0 Å². The molecule has 1 spiro atoms. The highest BCUT2D eigenvalue weighted by Gasteiger charge is 2.50. The summed E-state index contributed by atoms with van der Waals surface area (Å²) in [6.45, 7) is 2.21. The minimum Gasteiger partial charge on any atom is -0.362 e. The van der Waals surface area contributed by atoms with Crippen LogP contribution in [0.5, 0.6) is 0 Å². The van der Waals surface area contributed by atoms with Crippen molar-refractivity contribution >= 4 is 0 Å². The molecule has 1 N–H and O–H groups in total. The molecule has 0 aromatic heterocycles. The van der Waals surface area contributed by atoms with Crippen molar-refractivity contribution in [2.45, 2.75) is 24.5 Å². The number of hydrogen-bond acceptors (Lipinski definition) is 2. The molecule has 3 aliphatic rings. The van der Waals surface area contributed by atoms with Gasteiger partial charge in [-0.1, -0.05) is 12.2 Å². The van der Waals surface area contributed by atoms with Crippen LogP contribution < -0.4 is 5.32 Å². The Morgan fingerprint density at radius 3 is 3.36 bits per heavy atom. The highest BCUT2D eigenvalue weighted by Crippen LogP contribution is 2.45. The van der Waals surface area contributed by atoms with Gasteiger partial charge in [-0.25, -0.2) is 0 Å². The lowest BCUT2D eigenvalue weighted by Gasteiger charge is -2.35. The number of piperidine rings is 1. The topological polar surface area (TPSA) is 21.3 Å². The summed E-state index contributed by atoms with van der Waals surface area (Å²) in [6, 6.07) is 0. The van der Waals surface area contributed by atoms with E-state index in [1.54, 1.807) is 0 Å². The molecule has 0 aliphatic carbocycles. The van der Waals surface area contributed by atoms with E-state index in [1.807, 2.05) is 0 Å². The van der Waals surface area contributed by atoms with Gasteiger partial charge in [-0.15, -0.1) is 0 Å². The fraction of sp³-hybridized carbons (Fsp3) is 0.778. The molecule has 0 aromatic carbocycles. The van der Waals surface area contributed by atoms with Crippen molar-refractivity contribution in [2.24, 2.45) is 5.92 Å². The second-order valence-electron chi connectivity index (χ2n) is 3.87. The Morgan fingerprint density at radius 1 is 1.55 bits per heavy atom. The summed E-state index contributed by atoms with van der Waals surface area (Å²) < 4.78 is 5.89. The Balaban J connectivity index is 1.97. The fourth-order valence-electron chi connectivity index (χ4n) is 2.64. The van der Waals surface area contributed by atoms with E-state index in [1.165, 1.54) is 19.4 Å². The summed E-state index contributed by atoms with van der Waals surface area (Å²) >= 11 is 0. The smallest absolute Gasteiger partial charge is 0.102 e. The number of rotatable bonds is 0. The van der Waals surface area contributed by atoms with Crippen molar-refractivity contribution < 1.29 is 4.74 Å². The SMILES string of the molecule is C1=CC23CNCCC2CC1O3. The molecule has 2 bridgehead atoms. The third kappa shape index (κ3) is 0.690. The van der Waals surface area contributed by atoms with Crippen molar-refractivity contribution in [1.29, 1.82) is 0 Å². The van der Waals surface area contributed by atoms with E-state index < -0.39 is 0 Å². The normalized spacial score (nSPS) is 53.1. The van der Waals surface area contributed by atoms with E-state index in [2.05, 4.69) is 17.5 Å². The summed E-state index contributed by atoms with van der Waals surface area (Å²) in [5, 5.41) is 3.40. The number of ether oxygens (including phenoxy) is 1. The summed E-state index contributed by atoms with van der Waals surface area (Å²) in [4.78, 5) is 0. The average molecular weight is 151 g/mol. The predicted molar refractivity (Wildman–Crippen MR) is 42.3 cm³/mol. The second-order valence-corrected chi connectivity index (χ2v) is 3.87. The molecule has 3 rings (SSSR count). The van der Waals surface area contributed by atoms with Gasteiger partial charge in [0.1, 0.15) is 5.60 Å². The first-order chi connectivity index (χ1) is 5.39. The summed E-state index contributed by atoms with van der Waals surface area (Å²) in [7, 11) is 0. The van der Waals surface area contributed by atoms with Crippen molar-refractivity contribution in [3.05, 3.63) is 12.2 Å². The lowest BCUT2D eigenvalue weighted by molar-refractivity contribution is 0.00135. The first-order valence-electron chi connectivity index (χ1n) is 4.47. The predicted octanol–water partition coefficient (Wildman–Crippen LogP) is 0.693. The second kappa shape index (κ2) is 1.87. The van der Waals surface area contributed by atoms with E-state index >= 15 is 0 Å². The maximum Gasteiger partial charge on any atom is 0.102 e. The largest absolute Gasteiger partial charge is 0.362 e. The van der Waals surface area contributed by atoms with Gasteiger partial charge in [-0.05, 0) is 25.3 Å². The first-order valence-corrected chi connectivity index (χ1v) is 4.47. The van der Waals surface area contributed by atoms with Crippen LogP contribution in [0.1, 0.15) is 12.8 Å². The van der Waals surface area contributed by atoms with Crippen molar-refractivity contribution in [3.63, 3.8) is 0 Å². The van der Waals surface area contributed by atoms with Crippen LogP contribution in [0.15, 0.2) is 12.2 Å². The van der Waals surface area contributed by atoms with E-state index in [9.17, 15) is 0 Å². The Kier molecular flexibility index (Phi) is 1.06. The molecule has 2 nitrogen and oxygen atoms in total. The zero-order valence-corrected chi connectivity index (χ0v) is 6.55. The van der Waals surface area contributed by atoms with Crippen LogP contribution in [0.2, 0.25) is 0 Å². The van der Waals surface area contributed by atoms with Gasteiger partial charge >= 0.3 is 0 Å². The van der Waals surface area contributed by atoms with E-state index in [0.717, 1.165) is 12.5 Å². The Hall–Kier alpha value is -0.340. The van der Waals surface area contributed by atoms with Gasteiger partial charge in [0.2, 0.25) is 0 Å². The van der Waals surface area contributed by atoms with Crippen molar-refractivity contribution in [1.82, 2.24) is 5.32 Å². The molecule has 3 atom stereocenters. The highest BCUT2D eigenvalue weighted by atomic mass is 16.5. The standard InChI is InChI=1S/C9H13NO/c1-3-9-6-10-4-2-7(9)5-8(1)11-9/h1,3,7-8,10H,2,4-6H2. The van der Waals surface area contributed by atoms with Crippen LogP contribution in [-0.2, 0) is 4.74 Å². The molecule has 0 radical (unpaired) electrons. The maximum atomic E-state index is 5.89. The van der Waals surface area contributed by atoms with Gasteiger partial charge < -0.3 is 10.1 Å². The van der Waals surface area contributed by atoms with Crippen LogP contribution in [0.25, 0.3) is 0 Å². The number of nitrogens with one attached hydrogen (secondary N) is 1. The monoisotopic (exact) mass is 151 g/mol. The highest BCUT2D eigenvalue weighted by molar-refractivity contribution is 5.22. The van der Waals surface area contributed by atoms with E-state index in [0.29, 0.717) is 6.10 Å². The molecular weight excluding hydrogens is 138 g/mol. The van der Waals surface area contributed by atoms with Crippen molar-refractivity contribution in [3.8, 4) is 0 Å². The minimum atomic E-state index is 0.114.